The molecule has 2 rings (SSSR count). The fourth-order valence-corrected chi connectivity index (χ4v) is 2.60. The van der Waals surface area contributed by atoms with Crippen LogP contribution in [0.3, 0.4) is 0 Å². The molecule has 0 aromatic heterocycles. The van der Waals surface area contributed by atoms with Crippen molar-refractivity contribution in [2.45, 2.75) is 31.7 Å². The Kier molecular flexibility index (Phi) is 4.77. The van der Waals surface area contributed by atoms with E-state index in [1.807, 2.05) is 6.07 Å². The largest absolute Gasteiger partial charge is 0.481 e. The first-order chi connectivity index (χ1) is 10.1. The van der Waals surface area contributed by atoms with E-state index < -0.39 is 17.9 Å². The molecule has 1 aromatic rings. The Hall–Kier alpha value is -2.55. The first-order valence-electron chi connectivity index (χ1n) is 6.90. The van der Waals surface area contributed by atoms with Crippen molar-refractivity contribution in [1.82, 2.24) is 5.32 Å². The maximum absolute atomic E-state index is 12.0. The number of nitrogens with one attached hydrogen (secondary N) is 2. The minimum Gasteiger partial charge on any atom is -0.481 e. The van der Waals surface area contributed by atoms with Crippen molar-refractivity contribution in [3.8, 4) is 6.07 Å². The van der Waals surface area contributed by atoms with Gasteiger partial charge in [0.05, 0.1) is 17.6 Å². The second kappa shape index (κ2) is 6.75. The Morgan fingerprint density at radius 1 is 1.29 bits per heavy atom. The zero-order valence-electron chi connectivity index (χ0n) is 11.5. The first kappa shape index (κ1) is 14.9. The fourth-order valence-electron chi connectivity index (χ4n) is 2.60. The standard InChI is InChI=1S/C15H17N3O3/c16-9-10-4-3-5-11(8-10)17-15(21)18-13-7-2-1-6-12(13)14(19)20/h3-5,8,12-13H,1-2,6-7H2,(H,19,20)(H2,17,18,21). The molecule has 1 saturated carbocycles. The SMILES string of the molecule is N#Cc1cccc(NC(=O)NC2CCCCC2C(=O)O)c1. The Morgan fingerprint density at radius 3 is 2.76 bits per heavy atom. The summed E-state index contributed by atoms with van der Waals surface area (Å²) in [5, 5.41) is 23.3. The van der Waals surface area contributed by atoms with Crippen LogP contribution in [0.25, 0.3) is 0 Å². The number of carboxylic acids is 1. The third-order valence-electron chi connectivity index (χ3n) is 3.65. The summed E-state index contributed by atoms with van der Waals surface area (Å²) in [6.45, 7) is 0. The van der Waals surface area contributed by atoms with Gasteiger partial charge in [-0.2, -0.15) is 5.26 Å². The third-order valence-corrected chi connectivity index (χ3v) is 3.65. The summed E-state index contributed by atoms with van der Waals surface area (Å²) in [7, 11) is 0. The number of aliphatic carboxylic acids is 1. The molecule has 1 aromatic carbocycles. The second-order valence-electron chi connectivity index (χ2n) is 5.13. The average Bonchev–Trinajstić information content (AvgIpc) is 2.47. The first-order valence-corrected chi connectivity index (χ1v) is 6.90. The highest BCUT2D eigenvalue weighted by Crippen LogP contribution is 2.24. The van der Waals surface area contributed by atoms with Gasteiger partial charge in [0.15, 0.2) is 0 Å². The number of urea groups is 1. The molecule has 2 atom stereocenters. The van der Waals surface area contributed by atoms with Crippen LogP contribution in [-0.4, -0.2) is 23.1 Å². The number of carboxylic acid groups (broad SMARTS) is 1. The van der Waals surface area contributed by atoms with E-state index in [9.17, 15) is 14.7 Å². The molecular formula is C15H17N3O3. The van der Waals surface area contributed by atoms with Crippen molar-refractivity contribution in [1.29, 1.82) is 5.26 Å². The molecule has 110 valence electrons. The van der Waals surface area contributed by atoms with E-state index in [0.29, 0.717) is 24.1 Å². The molecule has 21 heavy (non-hydrogen) atoms. The van der Waals surface area contributed by atoms with E-state index >= 15 is 0 Å². The number of carbonyl (C=O) groups is 2. The van der Waals surface area contributed by atoms with E-state index in [4.69, 9.17) is 5.26 Å². The Morgan fingerprint density at radius 2 is 2.05 bits per heavy atom. The van der Waals surface area contributed by atoms with Crippen LogP contribution in [0.15, 0.2) is 24.3 Å². The van der Waals surface area contributed by atoms with Crippen molar-refractivity contribution < 1.29 is 14.7 Å². The van der Waals surface area contributed by atoms with E-state index in [2.05, 4.69) is 10.6 Å². The van der Waals surface area contributed by atoms with Gasteiger partial charge < -0.3 is 15.7 Å². The highest BCUT2D eigenvalue weighted by Gasteiger charge is 2.31. The normalized spacial score (nSPS) is 21.1. The molecule has 6 heteroatoms. The molecule has 0 spiro atoms. The Bertz CT molecular complexity index is 580. The number of rotatable bonds is 3. The second-order valence-corrected chi connectivity index (χ2v) is 5.13. The minimum absolute atomic E-state index is 0.351. The fraction of sp³-hybridized carbons (Fsp3) is 0.400. The monoisotopic (exact) mass is 287 g/mol. The van der Waals surface area contributed by atoms with Gasteiger partial charge in [-0.05, 0) is 31.0 Å². The van der Waals surface area contributed by atoms with Crippen molar-refractivity contribution in [3.05, 3.63) is 29.8 Å². The average molecular weight is 287 g/mol. The third kappa shape index (κ3) is 3.96. The van der Waals surface area contributed by atoms with Crippen molar-refractivity contribution in [2.75, 3.05) is 5.32 Å². The van der Waals surface area contributed by atoms with Crippen LogP contribution in [0.5, 0.6) is 0 Å². The van der Waals surface area contributed by atoms with Crippen LogP contribution < -0.4 is 10.6 Å². The predicted octanol–water partition coefficient (Wildman–Crippen LogP) is 2.32. The molecule has 6 nitrogen and oxygen atoms in total. The Balaban J connectivity index is 1.97. The molecule has 0 bridgehead atoms. The smallest absolute Gasteiger partial charge is 0.319 e. The molecular weight excluding hydrogens is 270 g/mol. The number of benzene rings is 1. The lowest BCUT2D eigenvalue weighted by Gasteiger charge is -2.29. The van der Waals surface area contributed by atoms with Crippen molar-refractivity contribution in [3.63, 3.8) is 0 Å². The van der Waals surface area contributed by atoms with Crippen LogP contribution in [0.1, 0.15) is 31.2 Å². The highest BCUT2D eigenvalue weighted by molar-refractivity contribution is 5.90. The molecule has 2 unspecified atom stereocenters. The Labute approximate surface area is 122 Å². The minimum atomic E-state index is -0.869. The van der Waals surface area contributed by atoms with Gasteiger partial charge in [-0.25, -0.2) is 4.79 Å². The number of anilines is 1. The summed E-state index contributed by atoms with van der Waals surface area (Å²) in [6, 6.07) is 7.76. The number of hydrogen-bond donors (Lipinski definition) is 3. The van der Waals surface area contributed by atoms with Crippen LogP contribution in [0, 0.1) is 17.2 Å². The molecule has 0 radical (unpaired) electrons. The van der Waals surface area contributed by atoms with Gasteiger partial charge in [0.25, 0.3) is 0 Å². The number of nitrogens with zero attached hydrogens (tertiary/aromatic N) is 1. The zero-order valence-corrected chi connectivity index (χ0v) is 11.5. The summed E-state index contributed by atoms with van der Waals surface area (Å²) in [6.07, 6.45) is 3.05. The maximum Gasteiger partial charge on any atom is 0.319 e. The van der Waals surface area contributed by atoms with Gasteiger partial charge in [0.2, 0.25) is 0 Å². The van der Waals surface area contributed by atoms with E-state index in [0.717, 1.165) is 12.8 Å². The highest BCUT2D eigenvalue weighted by atomic mass is 16.4. The molecule has 1 fully saturated rings. The van der Waals surface area contributed by atoms with Gasteiger partial charge in [-0.15, -0.1) is 0 Å². The molecule has 3 N–H and O–H groups in total. The zero-order chi connectivity index (χ0) is 15.2. The van der Waals surface area contributed by atoms with E-state index in [-0.39, 0.29) is 6.04 Å². The molecule has 0 saturated heterocycles. The summed E-state index contributed by atoms with van der Waals surface area (Å²) in [5.41, 5.74) is 0.961. The molecule has 1 aliphatic carbocycles. The van der Waals surface area contributed by atoms with Crippen molar-refractivity contribution in [2.24, 2.45) is 5.92 Å². The molecule has 1 aliphatic rings. The van der Waals surface area contributed by atoms with Crippen molar-refractivity contribution >= 4 is 17.7 Å². The quantitative estimate of drug-likeness (QED) is 0.793. The van der Waals surface area contributed by atoms with Crippen LogP contribution >= 0.6 is 0 Å². The lowest BCUT2D eigenvalue weighted by molar-refractivity contribution is -0.143. The number of hydrogen-bond acceptors (Lipinski definition) is 3. The number of amides is 2. The van der Waals surface area contributed by atoms with E-state index in [1.165, 1.54) is 0 Å². The van der Waals surface area contributed by atoms with Crippen LogP contribution in [0.2, 0.25) is 0 Å². The van der Waals surface area contributed by atoms with Gasteiger partial charge in [0, 0.05) is 11.7 Å². The molecule has 0 heterocycles. The number of nitriles is 1. The lowest BCUT2D eigenvalue weighted by Crippen LogP contribution is -2.46. The lowest BCUT2D eigenvalue weighted by atomic mass is 9.84. The predicted molar refractivity (Wildman–Crippen MR) is 76.7 cm³/mol. The van der Waals surface area contributed by atoms with Gasteiger partial charge in [-0.1, -0.05) is 18.9 Å². The summed E-state index contributed by atoms with van der Waals surface area (Å²) in [5.74, 6) is -1.40. The van der Waals surface area contributed by atoms with Gasteiger partial charge in [-0.3, -0.25) is 4.79 Å². The summed E-state index contributed by atoms with van der Waals surface area (Å²) in [4.78, 5) is 23.1. The summed E-state index contributed by atoms with van der Waals surface area (Å²) < 4.78 is 0. The topological polar surface area (TPSA) is 102 Å². The van der Waals surface area contributed by atoms with E-state index in [1.54, 1.807) is 24.3 Å². The molecule has 2 amide bonds. The number of carbonyl (C=O) groups excluding carboxylic acids is 1. The molecule has 0 aliphatic heterocycles. The van der Waals surface area contributed by atoms with Crippen LogP contribution in [0.4, 0.5) is 10.5 Å². The van der Waals surface area contributed by atoms with Gasteiger partial charge in [0.1, 0.15) is 0 Å². The maximum atomic E-state index is 12.0. The summed E-state index contributed by atoms with van der Waals surface area (Å²) >= 11 is 0. The van der Waals surface area contributed by atoms with Gasteiger partial charge >= 0.3 is 12.0 Å². The van der Waals surface area contributed by atoms with Crippen LogP contribution in [-0.2, 0) is 4.79 Å².